The average Bonchev–Trinajstić information content (AvgIpc) is 2.46. The van der Waals surface area contributed by atoms with Gasteiger partial charge in [0.05, 0.1) is 0 Å². The number of hydrogen-bond donors (Lipinski definition) is 1. The highest BCUT2D eigenvalue weighted by atomic mass is 15.3. The van der Waals surface area contributed by atoms with Gasteiger partial charge >= 0.3 is 0 Å². The molecular formula is C12H25N3. The van der Waals surface area contributed by atoms with Gasteiger partial charge in [0, 0.05) is 18.6 Å². The fraction of sp³-hybridized carbons (Fsp3) is 1.00. The topological polar surface area (TPSA) is 18.5 Å². The summed E-state index contributed by atoms with van der Waals surface area (Å²) >= 11 is 0. The molecule has 2 unspecified atom stereocenters. The van der Waals surface area contributed by atoms with Crippen LogP contribution >= 0.6 is 0 Å². The highest BCUT2D eigenvalue weighted by Crippen LogP contribution is 2.28. The number of hydrogen-bond acceptors (Lipinski definition) is 3. The molecule has 2 aliphatic rings. The van der Waals surface area contributed by atoms with Gasteiger partial charge in [-0.25, -0.2) is 0 Å². The van der Waals surface area contributed by atoms with Crippen molar-refractivity contribution in [3.05, 3.63) is 0 Å². The molecule has 0 spiro atoms. The van der Waals surface area contributed by atoms with E-state index in [1.54, 1.807) is 0 Å². The summed E-state index contributed by atoms with van der Waals surface area (Å²) in [5.41, 5.74) is 0. The number of fused-ring (bicyclic) bond motifs is 2. The maximum Gasteiger partial charge on any atom is 0.0223 e. The highest BCUT2D eigenvalue weighted by Gasteiger charge is 2.34. The van der Waals surface area contributed by atoms with E-state index in [0.29, 0.717) is 0 Å². The maximum atomic E-state index is 3.23. The third-order valence-electron chi connectivity index (χ3n) is 4.13. The average molecular weight is 211 g/mol. The lowest BCUT2D eigenvalue weighted by Crippen LogP contribution is -2.37. The van der Waals surface area contributed by atoms with Crippen LogP contribution < -0.4 is 5.32 Å². The predicted molar refractivity (Wildman–Crippen MR) is 64.2 cm³/mol. The summed E-state index contributed by atoms with van der Waals surface area (Å²) in [4.78, 5) is 5.29. The Morgan fingerprint density at radius 1 is 1.20 bits per heavy atom. The van der Waals surface area contributed by atoms with E-state index in [0.717, 1.165) is 18.6 Å². The van der Waals surface area contributed by atoms with Crippen LogP contribution in [-0.2, 0) is 0 Å². The van der Waals surface area contributed by atoms with Crippen LogP contribution in [-0.4, -0.2) is 62.2 Å². The third-order valence-corrected chi connectivity index (χ3v) is 4.13. The molecule has 2 atom stereocenters. The zero-order valence-electron chi connectivity index (χ0n) is 10.2. The summed E-state index contributed by atoms with van der Waals surface area (Å²) in [6.07, 6.45) is 5.53. The third kappa shape index (κ3) is 2.71. The van der Waals surface area contributed by atoms with Gasteiger partial charge in [0.25, 0.3) is 0 Å². The summed E-state index contributed by atoms with van der Waals surface area (Å²) in [7, 11) is 4.36. The molecule has 0 saturated carbocycles. The molecule has 88 valence electrons. The molecule has 1 N–H and O–H groups in total. The van der Waals surface area contributed by atoms with Crippen LogP contribution in [0.2, 0.25) is 0 Å². The van der Waals surface area contributed by atoms with Crippen molar-refractivity contribution in [3.8, 4) is 0 Å². The zero-order valence-corrected chi connectivity index (χ0v) is 10.2. The maximum absolute atomic E-state index is 3.23. The van der Waals surface area contributed by atoms with E-state index >= 15 is 0 Å². The second kappa shape index (κ2) is 5.28. The van der Waals surface area contributed by atoms with Crippen molar-refractivity contribution in [2.24, 2.45) is 0 Å². The Labute approximate surface area is 93.8 Å². The summed E-state index contributed by atoms with van der Waals surface area (Å²) in [5.74, 6) is 0. The highest BCUT2D eigenvalue weighted by molar-refractivity contribution is 4.90. The molecule has 2 bridgehead atoms. The first-order valence-electron chi connectivity index (χ1n) is 6.40. The smallest absolute Gasteiger partial charge is 0.0223 e. The molecule has 0 aromatic rings. The van der Waals surface area contributed by atoms with Crippen LogP contribution in [0, 0.1) is 0 Å². The van der Waals surface area contributed by atoms with Gasteiger partial charge in [-0.1, -0.05) is 0 Å². The van der Waals surface area contributed by atoms with Gasteiger partial charge in [0.1, 0.15) is 0 Å². The summed E-state index contributed by atoms with van der Waals surface area (Å²) in [6.45, 7) is 5.05. The van der Waals surface area contributed by atoms with E-state index in [-0.39, 0.29) is 0 Å². The van der Waals surface area contributed by atoms with Crippen LogP contribution in [0.15, 0.2) is 0 Å². The molecule has 0 aliphatic carbocycles. The molecule has 2 rings (SSSR count). The minimum Gasteiger partial charge on any atom is -0.320 e. The largest absolute Gasteiger partial charge is 0.320 e. The number of nitrogens with zero attached hydrogens (tertiary/aromatic N) is 2. The van der Waals surface area contributed by atoms with E-state index < -0.39 is 0 Å². The number of likely N-dealkylation sites (N-methyl/N-ethyl adjacent to an activating group) is 1. The van der Waals surface area contributed by atoms with E-state index in [4.69, 9.17) is 0 Å². The van der Waals surface area contributed by atoms with Crippen LogP contribution in [0.4, 0.5) is 0 Å². The Bertz CT molecular complexity index is 195. The van der Waals surface area contributed by atoms with Crippen molar-refractivity contribution in [3.63, 3.8) is 0 Å². The van der Waals surface area contributed by atoms with E-state index in [2.05, 4.69) is 22.2 Å². The van der Waals surface area contributed by atoms with Crippen molar-refractivity contribution in [2.75, 3.05) is 40.3 Å². The Hall–Kier alpha value is -0.120. The van der Waals surface area contributed by atoms with Crippen LogP contribution in [0.25, 0.3) is 0 Å². The lowest BCUT2D eigenvalue weighted by Gasteiger charge is -2.25. The lowest BCUT2D eigenvalue weighted by molar-refractivity contribution is 0.218. The van der Waals surface area contributed by atoms with Crippen LogP contribution in [0.3, 0.4) is 0 Å². The van der Waals surface area contributed by atoms with Crippen LogP contribution in [0.1, 0.15) is 25.7 Å². The van der Waals surface area contributed by atoms with Crippen molar-refractivity contribution < 1.29 is 0 Å². The molecule has 0 aromatic heterocycles. The molecule has 0 radical (unpaired) electrons. The van der Waals surface area contributed by atoms with Gasteiger partial charge in [0.2, 0.25) is 0 Å². The predicted octanol–water partition coefficient (Wildman–Crippen LogP) is 0.764. The van der Waals surface area contributed by atoms with Gasteiger partial charge in [0.15, 0.2) is 0 Å². The zero-order chi connectivity index (χ0) is 10.7. The minimum absolute atomic E-state index is 0.840. The Balaban J connectivity index is 1.79. The first-order valence-corrected chi connectivity index (χ1v) is 6.40. The molecule has 15 heavy (non-hydrogen) atoms. The normalized spacial score (nSPS) is 33.2. The number of rotatable bonds is 4. The molecule has 2 heterocycles. The van der Waals surface area contributed by atoms with E-state index in [1.165, 1.54) is 45.3 Å². The fourth-order valence-corrected chi connectivity index (χ4v) is 3.06. The summed E-state index contributed by atoms with van der Waals surface area (Å²) < 4.78 is 0. The first-order chi connectivity index (χ1) is 7.31. The van der Waals surface area contributed by atoms with Crippen molar-refractivity contribution in [2.45, 2.75) is 37.8 Å². The monoisotopic (exact) mass is 211 g/mol. The van der Waals surface area contributed by atoms with E-state index in [9.17, 15) is 0 Å². The van der Waals surface area contributed by atoms with Gasteiger partial charge in [-0.15, -0.1) is 0 Å². The number of likely N-dealkylation sites (tertiary alicyclic amines) is 1. The summed E-state index contributed by atoms with van der Waals surface area (Å²) in [6, 6.07) is 1.72. The fourth-order valence-electron chi connectivity index (χ4n) is 3.06. The standard InChI is InChI=1S/C12H25N3/c1-13-7-3-8-15-9-6-11-4-5-12(10-15)14(11)2/h11-13H,3-10H2,1-2H3. The SMILES string of the molecule is CNCCCN1CCC2CCC(C1)N2C. The van der Waals surface area contributed by atoms with Crippen molar-refractivity contribution in [1.29, 1.82) is 0 Å². The minimum atomic E-state index is 0.840. The Morgan fingerprint density at radius 2 is 2.00 bits per heavy atom. The van der Waals surface area contributed by atoms with E-state index in [1.807, 2.05) is 7.05 Å². The second-order valence-corrected chi connectivity index (χ2v) is 5.10. The molecule has 3 nitrogen and oxygen atoms in total. The number of nitrogens with one attached hydrogen (secondary N) is 1. The Morgan fingerprint density at radius 3 is 2.80 bits per heavy atom. The van der Waals surface area contributed by atoms with Gasteiger partial charge in [-0.3, -0.25) is 4.90 Å². The molecule has 2 saturated heterocycles. The molecule has 0 amide bonds. The summed E-state index contributed by atoms with van der Waals surface area (Å²) in [5, 5.41) is 3.23. The lowest BCUT2D eigenvalue weighted by atomic mass is 10.1. The van der Waals surface area contributed by atoms with Gasteiger partial charge < -0.3 is 10.2 Å². The van der Waals surface area contributed by atoms with Gasteiger partial charge in [-0.05, 0) is 59.4 Å². The molecule has 0 aromatic carbocycles. The molecule has 2 aliphatic heterocycles. The van der Waals surface area contributed by atoms with Crippen molar-refractivity contribution >= 4 is 0 Å². The Kier molecular flexibility index (Phi) is 4.00. The quantitative estimate of drug-likeness (QED) is 0.693. The van der Waals surface area contributed by atoms with Crippen molar-refractivity contribution in [1.82, 2.24) is 15.1 Å². The van der Waals surface area contributed by atoms with Crippen LogP contribution in [0.5, 0.6) is 0 Å². The van der Waals surface area contributed by atoms with Gasteiger partial charge in [-0.2, -0.15) is 0 Å². The molecular weight excluding hydrogens is 186 g/mol. The molecule has 3 heteroatoms. The molecule has 2 fully saturated rings. The second-order valence-electron chi connectivity index (χ2n) is 5.10. The first kappa shape index (κ1) is 11.4.